The van der Waals surface area contributed by atoms with Crippen molar-refractivity contribution in [2.24, 2.45) is 0 Å². The second-order valence-electron chi connectivity index (χ2n) is 9.69. The molecule has 0 aliphatic heterocycles. The number of benzene rings is 3. The number of fused-ring (bicyclic) bond motifs is 1. The topological polar surface area (TPSA) is 91.6 Å². The highest BCUT2D eigenvalue weighted by molar-refractivity contribution is 5.83. The molecule has 3 aromatic carbocycles. The number of nitrogens with zero attached hydrogens (tertiary/aromatic N) is 1. The molecule has 0 heterocycles. The van der Waals surface area contributed by atoms with E-state index in [-0.39, 0.29) is 18.1 Å². The van der Waals surface area contributed by atoms with Gasteiger partial charge in [0.2, 0.25) is 0 Å². The predicted molar refractivity (Wildman–Crippen MR) is 142 cm³/mol. The van der Waals surface area contributed by atoms with Crippen molar-refractivity contribution in [3.05, 3.63) is 77.4 Å². The lowest BCUT2D eigenvalue weighted by atomic mass is 9.93. The summed E-state index contributed by atoms with van der Waals surface area (Å²) in [5.74, 6) is 0.238. The molecule has 0 aliphatic carbocycles. The number of aliphatic hydroxyl groups excluding tert-OH is 1. The third-order valence-corrected chi connectivity index (χ3v) is 6.02. The molecule has 36 heavy (non-hydrogen) atoms. The van der Waals surface area contributed by atoms with Gasteiger partial charge >= 0.3 is 5.97 Å². The molecule has 6 heteroatoms. The van der Waals surface area contributed by atoms with Gasteiger partial charge in [0.25, 0.3) is 0 Å². The van der Waals surface area contributed by atoms with E-state index in [4.69, 9.17) is 9.47 Å². The van der Waals surface area contributed by atoms with E-state index < -0.39 is 6.10 Å². The Bertz CT molecular complexity index is 1200. The first-order valence-electron chi connectivity index (χ1n) is 12.5. The third-order valence-electron chi connectivity index (χ3n) is 6.02. The lowest BCUT2D eigenvalue weighted by Gasteiger charge is -2.28. The minimum Gasteiger partial charge on any atom is -0.489 e. The van der Waals surface area contributed by atoms with Gasteiger partial charge in [-0.15, -0.1) is 0 Å². The maximum atomic E-state index is 11.5. The van der Waals surface area contributed by atoms with E-state index in [1.54, 1.807) is 19.1 Å². The monoisotopic (exact) mass is 488 g/mol. The van der Waals surface area contributed by atoms with Gasteiger partial charge in [0.1, 0.15) is 24.5 Å². The van der Waals surface area contributed by atoms with Crippen LogP contribution in [0.25, 0.3) is 10.8 Å². The molecule has 0 saturated carbocycles. The molecule has 0 saturated heterocycles. The average molecular weight is 489 g/mol. The Balaban J connectivity index is 1.47. The van der Waals surface area contributed by atoms with Gasteiger partial charge in [0.05, 0.1) is 12.2 Å². The normalized spacial score (nSPS) is 12.2. The summed E-state index contributed by atoms with van der Waals surface area (Å²) in [5, 5.41) is 25.9. The number of esters is 1. The number of rotatable bonds is 13. The van der Waals surface area contributed by atoms with Gasteiger partial charge in [0.15, 0.2) is 0 Å². The first-order chi connectivity index (χ1) is 17.3. The Morgan fingerprint density at radius 2 is 1.83 bits per heavy atom. The van der Waals surface area contributed by atoms with E-state index in [0.717, 1.165) is 12.0 Å². The van der Waals surface area contributed by atoms with Crippen molar-refractivity contribution in [3.63, 3.8) is 0 Å². The van der Waals surface area contributed by atoms with Crippen LogP contribution < -0.4 is 10.1 Å². The van der Waals surface area contributed by atoms with Crippen molar-refractivity contribution >= 4 is 16.7 Å². The van der Waals surface area contributed by atoms with Crippen molar-refractivity contribution in [2.75, 3.05) is 19.8 Å². The van der Waals surface area contributed by atoms with Crippen LogP contribution in [-0.4, -0.2) is 42.5 Å². The molecule has 2 N–H and O–H groups in total. The molecule has 3 rings (SSSR count). The number of carbonyl (C=O) groups excluding carboxylic acids is 1. The fourth-order valence-corrected chi connectivity index (χ4v) is 4.18. The highest BCUT2D eigenvalue weighted by Crippen LogP contribution is 2.22. The van der Waals surface area contributed by atoms with Gasteiger partial charge in [-0.2, -0.15) is 5.26 Å². The van der Waals surface area contributed by atoms with Crippen LogP contribution in [0.1, 0.15) is 50.3 Å². The summed E-state index contributed by atoms with van der Waals surface area (Å²) >= 11 is 0. The van der Waals surface area contributed by atoms with Gasteiger partial charge in [-0.1, -0.05) is 48.5 Å². The van der Waals surface area contributed by atoms with E-state index in [0.29, 0.717) is 43.7 Å². The molecule has 0 aliphatic rings. The van der Waals surface area contributed by atoms with Crippen molar-refractivity contribution in [3.8, 4) is 11.8 Å². The molecule has 0 radical (unpaired) electrons. The van der Waals surface area contributed by atoms with E-state index >= 15 is 0 Å². The zero-order chi connectivity index (χ0) is 26.0. The Kier molecular flexibility index (Phi) is 9.86. The summed E-state index contributed by atoms with van der Waals surface area (Å²) in [7, 11) is 0. The minimum absolute atomic E-state index is 0.0793. The highest BCUT2D eigenvalue weighted by Gasteiger charge is 2.20. The van der Waals surface area contributed by atoms with Gasteiger partial charge in [-0.05, 0) is 74.1 Å². The van der Waals surface area contributed by atoms with Crippen LogP contribution in [0.2, 0.25) is 0 Å². The molecule has 0 aromatic heterocycles. The molecule has 0 spiro atoms. The average Bonchev–Trinajstić information content (AvgIpc) is 2.86. The van der Waals surface area contributed by atoms with Crippen molar-refractivity contribution in [1.82, 2.24) is 5.32 Å². The number of ether oxygens (including phenoxy) is 2. The molecule has 1 atom stereocenters. The van der Waals surface area contributed by atoms with E-state index in [2.05, 4.69) is 55.6 Å². The van der Waals surface area contributed by atoms with Crippen LogP contribution in [-0.2, 0) is 22.4 Å². The Morgan fingerprint density at radius 1 is 1.08 bits per heavy atom. The number of hydrogen-bond donors (Lipinski definition) is 2. The zero-order valence-electron chi connectivity index (χ0n) is 21.4. The molecular weight excluding hydrogens is 452 g/mol. The van der Waals surface area contributed by atoms with Gasteiger partial charge in [-0.25, -0.2) is 0 Å². The Morgan fingerprint density at radius 3 is 2.58 bits per heavy atom. The summed E-state index contributed by atoms with van der Waals surface area (Å²) in [6, 6.07) is 22.4. The second kappa shape index (κ2) is 13.1. The number of nitriles is 1. The maximum absolute atomic E-state index is 11.5. The minimum atomic E-state index is -0.725. The van der Waals surface area contributed by atoms with Gasteiger partial charge < -0.3 is 19.9 Å². The van der Waals surface area contributed by atoms with Crippen LogP contribution in [0, 0.1) is 11.3 Å². The molecule has 0 amide bonds. The van der Waals surface area contributed by atoms with Crippen LogP contribution in [0.5, 0.6) is 5.75 Å². The fourth-order valence-electron chi connectivity index (χ4n) is 4.18. The maximum Gasteiger partial charge on any atom is 0.305 e. The lowest BCUT2D eigenvalue weighted by Crippen LogP contribution is -2.46. The first kappa shape index (κ1) is 27.2. The number of aliphatic hydroxyl groups is 1. The van der Waals surface area contributed by atoms with Gasteiger partial charge in [-0.3, -0.25) is 4.79 Å². The number of nitrogens with one attached hydrogen (secondary N) is 1. The van der Waals surface area contributed by atoms with Crippen LogP contribution >= 0.6 is 0 Å². The molecule has 0 fully saturated rings. The first-order valence-corrected chi connectivity index (χ1v) is 12.5. The Hall–Kier alpha value is -3.40. The van der Waals surface area contributed by atoms with E-state index in [1.165, 1.54) is 16.3 Å². The molecule has 6 nitrogen and oxygen atoms in total. The van der Waals surface area contributed by atoms with Crippen molar-refractivity contribution in [2.45, 2.75) is 58.1 Å². The van der Waals surface area contributed by atoms with Crippen molar-refractivity contribution < 1.29 is 19.4 Å². The summed E-state index contributed by atoms with van der Waals surface area (Å²) in [4.78, 5) is 11.5. The molecule has 0 unspecified atom stereocenters. The Labute approximate surface area is 213 Å². The summed E-state index contributed by atoms with van der Waals surface area (Å²) in [5.41, 5.74) is 2.39. The molecule has 0 bridgehead atoms. The third kappa shape index (κ3) is 8.37. The van der Waals surface area contributed by atoms with Crippen LogP contribution in [0.15, 0.2) is 60.7 Å². The molecule has 190 valence electrons. The number of hydrogen-bond acceptors (Lipinski definition) is 6. The summed E-state index contributed by atoms with van der Waals surface area (Å²) in [6.45, 7) is 6.85. The second-order valence-corrected chi connectivity index (χ2v) is 9.69. The molecular formula is C30H36N2O4. The highest BCUT2D eigenvalue weighted by atomic mass is 16.5. The number of β-amino-alcohol motifs (C(OH)–C–C–N with tert-alkyl or cyclic N) is 1. The zero-order valence-corrected chi connectivity index (χ0v) is 21.4. The predicted octanol–water partition coefficient (Wildman–Crippen LogP) is 4.95. The lowest BCUT2D eigenvalue weighted by molar-refractivity contribution is -0.143. The fraction of sp³-hybridized carbons (Fsp3) is 0.400. The molecule has 3 aromatic rings. The SMILES string of the molecule is CCOC(=O)CCCc1ccc(OC[C@H](O)CNC(C)(C)Cc2ccc3ccccc3c2)c(C#N)c1. The van der Waals surface area contributed by atoms with E-state index in [9.17, 15) is 15.2 Å². The number of carbonyl (C=O) groups is 1. The van der Waals surface area contributed by atoms with Crippen LogP contribution in [0.3, 0.4) is 0 Å². The van der Waals surface area contributed by atoms with Crippen molar-refractivity contribution in [1.29, 1.82) is 5.26 Å². The van der Waals surface area contributed by atoms with Gasteiger partial charge in [0, 0.05) is 18.5 Å². The van der Waals surface area contributed by atoms with Crippen LogP contribution in [0.4, 0.5) is 0 Å². The van der Waals surface area contributed by atoms with E-state index in [1.807, 2.05) is 18.2 Å². The summed E-state index contributed by atoms with van der Waals surface area (Å²) < 4.78 is 10.7. The number of aryl methyl sites for hydroxylation is 1. The largest absolute Gasteiger partial charge is 0.489 e. The quantitative estimate of drug-likeness (QED) is 0.331. The summed E-state index contributed by atoms with van der Waals surface area (Å²) in [6.07, 6.45) is 1.78. The standard InChI is InChI=1S/C30H36N2O4/c1-4-35-29(34)11-7-8-22-13-15-28(26(16-22)19-31)36-21-27(33)20-32-30(2,3)18-23-12-14-24-9-5-6-10-25(24)17-23/h5-6,9-10,12-17,27,32-33H,4,7-8,11,18,20-21H2,1-3H3/t27-/m1/s1. The smallest absolute Gasteiger partial charge is 0.305 e.